The van der Waals surface area contributed by atoms with Gasteiger partial charge in [-0.1, -0.05) is 12.8 Å². The van der Waals surface area contributed by atoms with Crippen molar-refractivity contribution in [3.05, 3.63) is 0 Å². The summed E-state index contributed by atoms with van der Waals surface area (Å²) in [5, 5.41) is 8.68. The van der Waals surface area contributed by atoms with E-state index >= 15 is 0 Å². The van der Waals surface area contributed by atoms with Gasteiger partial charge in [-0.2, -0.15) is 0 Å². The minimum atomic E-state index is -0.758. The number of aliphatic hydroxyl groups is 1. The van der Waals surface area contributed by atoms with Crippen molar-refractivity contribution in [2.75, 3.05) is 19.8 Å². The Morgan fingerprint density at radius 1 is 1.12 bits per heavy atom. The Labute approximate surface area is 96.9 Å². The zero-order valence-corrected chi connectivity index (χ0v) is 10.0. The molecule has 2 unspecified atom stereocenters. The summed E-state index contributed by atoms with van der Waals surface area (Å²) in [7, 11) is 0. The number of hydrogen-bond donors (Lipinski definition) is 1. The lowest BCUT2D eigenvalue weighted by Gasteiger charge is -2.35. The molecule has 2 saturated heterocycles. The molecule has 0 saturated carbocycles. The van der Waals surface area contributed by atoms with Crippen LogP contribution < -0.4 is 0 Å². The van der Waals surface area contributed by atoms with Crippen molar-refractivity contribution in [2.24, 2.45) is 0 Å². The van der Waals surface area contributed by atoms with E-state index in [-0.39, 0.29) is 12.2 Å². The van der Waals surface area contributed by atoms with E-state index in [1.165, 1.54) is 0 Å². The second kappa shape index (κ2) is 5.00. The normalized spacial score (nSPS) is 37.9. The van der Waals surface area contributed by atoms with Gasteiger partial charge in [0.2, 0.25) is 0 Å². The molecule has 0 amide bonds. The highest BCUT2D eigenvalue weighted by atomic mass is 16.9. The molecular weight excluding hydrogens is 208 g/mol. The molecule has 0 spiro atoms. The van der Waals surface area contributed by atoms with Crippen LogP contribution in [0.4, 0.5) is 0 Å². The van der Waals surface area contributed by atoms with Crippen LogP contribution in [0, 0.1) is 0 Å². The summed E-state index contributed by atoms with van der Waals surface area (Å²) in [6.45, 7) is 3.74. The molecule has 2 fully saturated rings. The standard InChI is InChI=1S/C12H22O4/c1-11-7-9-14-12(16-11,15-10-11)6-4-2-3-5-8-13/h13H,2-10H2,1H3. The fourth-order valence-corrected chi connectivity index (χ4v) is 2.32. The number of unbranched alkanes of at least 4 members (excludes halogenated alkanes) is 3. The van der Waals surface area contributed by atoms with E-state index in [2.05, 4.69) is 6.92 Å². The van der Waals surface area contributed by atoms with Crippen LogP contribution in [0.1, 0.15) is 45.4 Å². The molecule has 0 aliphatic carbocycles. The van der Waals surface area contributed by atoms with Crippen molar-refractivity contribution in [3.8, 4) is 0 Å². The van der Waals surface area contributed by atoms with Crippen molar-refractivity contribution >= 4 is 0 Å². The quantitative estimate of drug-likeness (QED) is 0.707. The summed E-state index contributed by atoms with van der Waals surface area (Å²) in [6, 6.07) is 0. The lowest BCUT2D eigenvalue weighted by atomic mass is 10.0. The number of ether oxygens (including phenoxy) is 3. The summed E-state index contributed by atoms with van der Waals surface area (Å²) in [4.78, 5) is 0. The first-order valence-corrected chi connectivity index (χ1v) is 6.27. The molecule has 94 valence electrons. The lowest BCUT2D eigenvalue weighted by Crippen LogP contribution is -2.43. The zero-order chi connectivity index (χ0) is 11.5. The Morgan fingerprint density at radius 3 is 2.75 bits per heavy atom. The van der Waals surface area contributed by atoms with Crippen LogP contribution in [-0.4, -0.2) is 36.5 Å². The Bertz CT molecular complexity index is 233. The van der Waals surface area contributed by atoms with Gasteiger partial charge in [-0.3, -0.25) is 0 Å². The van der Waals surface area contributed by atoms with Gasteiger partial charge in [-0.05, 0) is 19.8 Å². The maximum atomic E-state index is 8.68. The van der Waals surface area contributed by atoms with E-state index in [9.17, 15) is 0 Å². The van der Waals surface area contributed by atoms with Gasteiger partial charge in [-0.25, -0.2) is 0 Å². The van der Waals surface area contributed by atoms with E-state index < -0.39 is 5.97 Å². The summed E-state index contributed by atoms with van der Waals surface area (Å²) in [6.07, 6.45) is 5.77. The molecule has 2 bridgehead atoms. The zero-order valence-electron chi connectivity index (χ0n) is 10.0. The van der Waals surface area contributed by atoms with E-state index in [0.29, 0.717) is 6.61 Å². The second-order valence-corrected chi connectivity index (χ2v) is 5.01. The predicted molar refractivity (Wildman–Crippen MR) is 58.9 cm³/mol. The van der Waals surface area contributed by atoms with Crippen LogP contribution >= 0.6 is 0 Å². The highest BCUT2D eigenvalue weighted by Gasteiger charge is 2.52. The third-order valence-electron chi connectivity index (χ3n) is 3.34. The van der Waals surface area contributed by atoms with E-state index in [1.807, 2.05) is 0 Å². The fraction of sp³-hybridized carbons (Fsp3) is 1.00. The Kier molecular flexibility index (Phi) is 3.85. The van der Waals surface area contributed by atoms with Crippen molar-refractivity contribution in [1.29, 1.82) is 0 Å². The molecule has 0 aromatic carbocycles. The third-order valence-corrected chi connectivity index (χ3v) is 3.34. The summed E-state index contributed by atoms with van der Waals surface area (Å²) in [5.41, 5.74) is -0.136. The molecule has 0 aromatic heterocycles. The molecule has 2 rings (SSSR count). The highest BCUT2D eigenvalue weighted by Crippen LogP contribution is 2.41. The molecule has 2 heterocycles. The van der Waals surface area contributed by atoms with E-state index in [4.69, 9.17) is 19.3 Å². The van der Waals surface area contributed by atoms with Crippen LogP contribution in [0.25, 0.3) is 0 Å². The summed E-state index contributed by atoms with van der Waals surface area (Å²) < 4.78 is 17.2. The van der Waals surface area contributed by atoms with Gasteiger partial charge in [0.15, 0.2) is 0 Å². The van der Waals surface area contributed by atoms with Crippen molar-refractivity contribution in [1.82, 2.24) is 0 Å². The highest BCUT2D eigenvalue weighted by molar-refractivity contribution is 4.87. The molecule has 4 heteroatoms. The smallest absolute Gasteiger partial charge is 0.283 e. The Balaban J connectivity index is 1.72. The average molecular weight is 230 g/mol. The van der Waals surface area contributed by atoms with Gasteiger partial charge in [0, 0.05) is 19.4 Å². The van der Waals surface area contributed by atoms with Gasteiger partial charge < -0.3 is 19.3 Å². The number of fused-ring (bicyclic) bond motifs is 2. The summed E-state index contributed by atoms with van der Waals surface area (Å²) in [5.74, 6) is -0.758. The molecule has 2 atom stereocenters. The van der Waals surface area contributed by atoms with Crippen LogP contribution in [-0.2, 0) is 14.2 Å². The molecule has 4 nitrogen and oxygen atoms in total. The Hall–Kier alpha value is -0.160. The van der Waals surface area contributed by atoms with Gasteiger partial charge in [0.05, 0.1) is 18.8 Å². The molecule has 2 aliphatic heterocycles. The van der Waals surface area contributed by atoms with Crippen molar-refractivity contribution in [2.45, 2.75) is 57.0 Å². The Morgan fingerprint density at radius 2 is 1.94 bits per heavy atom. The van der Waals surface area contributed by atoms with Crippen LogP contribution in [0.3, 0.4) is 0 Å². The van der Waals surface area contributed by atoms with E-state index in [0.717, 1.165) is 45.1 Å². The predicted octanol–water partition coefficient (Wildman–Crippen LogP) is 1.81. The summed E-state index contributed by atoms with van der Waals surface area (Å²) >= 11 is 0. The minimum absolute atomic E-state index is 0.136. The number of hydrogen-bond acceptors (Lipinski definition) is 4. The van der Waals surface area contributed by atoms with Gasteiger partial charge in [0.25, 0.3) is 5.97 Å². The third kappa shape index (κ3) is 2.74. The second-order valence-electron chi connectivity index (χ2n) is 5.01. The molecule has 16 heavy (non-hydrogen) atoms. The fourth-order valence-electron chi connectivity index (χ4n) is 2.32. The lowest BCUT2D eigenvalue weighted by molar-refractivity contribution is -0.369. The monoisotopic (exact) mass is 230 g/mol. The van der Waals surface area contributed by atoms with Crippen LogP contribution in [0.5, 0.6) is 0 Å². The average Bonchev–Trinajstić information content (AvgIpc) is 2.49. The van der Waals surface area contributed by atoms with Crippen LogP contribution in [0.15, 0.2) is 0 Å². The number of rotatable bonds is 6. The molecule has 0 aromatic rings. The first-order valence-electron chi connectivity index (χ1n) is 6.27. The largest absolute Gasteiger partial charge is 0.396 e. The molecule has 0 radical (unpaired) electrons. The maximum absolute atomic E-state index is 8.68. The first-order chi connectivity index (χ1) is 7.68. The maximum Gasteiger partial charge on any atom is 0.283 e. The molecule has 2 aliphatic rings. The topological polar surface area (TPSA) is 47.9 Å². The minimum Gasteiger partial charge on any atom is -0.396 e. The number of aliphatic hydroxyl groups excluding tert-OH is 1. The van der Waals surface area contributed by atoms with Gasteiger partial charge >= 0.3 is 0 Å². The van der Waals surface area contributed by atoms with Gasteiger partial charge in [0.1, 0.15) is 0 Å². The van der Waals surface area contributed by atoms with Gasteiger partial charge in [-0.15, -0.1) is 0 Å². The SMILES string of the molecule is CC12CCOC(CCCCCCO)(OC1)O2. The van der Waals surface area contributed by atoms with Crippen molar-refractivity contribution < 1.29 is 19.3 Å². The van der Waals surface area contributed by atoms with Crippen molar-refractivity contribution in [3.63, 3.8) is 0 Å². The van der Waals surface area contributed by atoms with Crippen LogP contribution in [0.2, 0.25) is 0 Å². The molecule has 1 N–H and O–H groups in total. The van der Waals surface area contributed by atoms with E-state index in [1.54, 1.807) is 0 Å². The first kappa shape index (κ1) is 12.3. The molecular formula is C12H22O4.